The summed E-state index contributed by atoms with van der Waals surface area (Å²) in [5.74, 6) is 0.325. The standard InChI is InChI=1S/C16H21NO3S/c1-11(10-21(3,19)20)17-12(2)14-9-8-13-6-4-5-7-15(13)16(14)18/h4-9,11-12,17-18H,10H2,1-3H3. The lowest BCUT2D eigenvalue weighted by atomic mass is 10.0. The fraction of sp³-hybridized carbons (Fsp3) is 0.375. The van der Waals surface area contributed by atoms with Crippen LogP contribution in [-0.2, 0) is 9.84 Å². The highest BCUT2D eigenvalue weighted by Crippen LogP contribution is 2.32. The van der Waals surface area contributed by atoms with E-state index in [1.165, 1.54) is 6.26 Å². The van der Waals surface area contributed by atoms with E-state index in [1.807, 2.05) is 50.2 Å². The van der Waals surface area contributed by atoms with Crippen LogP contribution in [0.25, 0.3) is 10.8 Å². The van der Waals surface area contributed by atoms with Gasteiger partial charge in [0.1, 0.15) is 15.6 Å². The molecule has 2 unspecified atom stereocenters. The van der Waals surface area contributed by atoms with E-state index >= 15 is 0 Å². The maximum Gasteiger partial charge on any atom is 0.148 e. The minimum absolute atomic E-state index is 0.0751. The molecule has 0 aromatic heterocycles. The van der Waals surface area contributed by atoms with Crippen LogP contribution in [0.3, 0.4) is 0 Å². The van der Waals surface area contributed by atoms with Gasteiger partial charge in [0.25, 0.3) is 0 Å². The maximum absolute atomic E-state index is 11.3. The second kappa shape index (κ2) is 6.03. The van der Waals surface area contributed by atoms with Gasteiger partial charge < -0.3 is 10.4 Å². The lowest BCUT2D eigenvalue weighted by Gasteiger charge is -2.21. The van der Waals surface area contributed by atoms with Crippen LogP contribution in [0.1, 0.15) is 25.5 Å². The highest BCUT2D eigenvalue weighted by molar-refractivity contribution is 7.90. The van der Waals surface area contributed by atoms with Crippen molar-refractivity contribution in [3.8, 4) is 5.75 Å². The van der Waals surface area contributed by atoms with Crippen molar-refractivity contribution in [2.45, 2.75) is 25.9 Å². The number of hydrogen-bond donors (Lipinski definition) is 2. The van der Waals surface area contributed by atoms with Crippen LogP contribution < -0.4 is 5.32 Å². The Morgan fingerprint density at radius 3 is 2.48 bits per heavy atom. The molecule has 0 aliphatic rings. The molecule has 21 heavy (non-hydrogen) atoms. The average molecular weight is 307 g/mol. The third-order valence-corrected chi connectivity index (χ3v) is 4.59. The Morgan fingerprint density at radius 1 is 1.14 bits per heavy atom. The highest BCUT2D eigenvalue weighted by Gasteiger charge is 2.17. The predicted octanol–water partition coefficient (Wildman–Crippen LogP) is 2.63. The Hall–Kier alpha value is -1.59. The van der Waals surface area contributed by atoms with E-state index in [4.69, 9.17) is 0 Å². The number of rotatable bonds is 5. The van der Waals surface area contributed by atoms with Crippen molar-refractivity contribution in [3.05, 3.63) is 42.0 Å². The smallest absolute Gasteiger partial charge is 0.148 e. The Morgan fingerprint density at radius 2 is 1.81 bits per heavy atom. The summed E-state index contributed by atoms with van der Waals surface area (Å²) in [5, 5.41) is 15.4. The molecule has 0 saturated carbocycles. The Balaban J connectivity index is 2.23. The van der Waals surface area contributed by atoms with Crippen LogP contribution in [0.4, 0.5) is 0 Å². The van der Waals surface area contributed by atoms with Gasteiger partial charge in [-0.1, -0.05) is 36.4 Å². The summed E-state index contributed by atoms with van der Waals surface area (Å²) in [7, 11) is -3.02. The summed E-state index contributed by atoms with van der Waals surface area (Å²) in [6.45, 7) is 3.75. The van der Waals surface area contributed by atoms with E-state index in [-0.39, 0.29) is 23.6 Å². The summed E-state index contributed by atoms with van der Waals surface area (Å²) in [6, 6.07) is 11.2. The van der Waals surface area contributed by atoms with Gasteiger partial charge in [0, 0.05) is 29.3 Å². The van der Waals surface area contributed by atoms with Crippen molar-refractivity contribution in [3.63, 3.8) is 0 Å². The van der Waals surface area contributed by atoms with Gasteiger partial charge in [0.2, 0.25) is 0 Å². The van der Waals surface area contributed by atoms with Crippen LogP contribution in [-0.4, -0.2) is 31.6 Å². The molecule has 2 aromatic carbocycles. The Labute approximate surface area is 125 Å². The van der Waals surface area contributed by atoms with Gasteiger partial charge in [-0.2, -0.15) is 0 Å². The molecule has 5 heteroatoms. The van der Waals surface area contributed by atoms with Crippen molar-refractivity contribution in [1.82, 2.24) is 5.32 Å². The number of sulfone groups is 1. The SMILES string of the molecule is CC(CS(C)(=O)=O)NC(C)c1ccc2ccccc2c1O. The number of aromatic hydroxyl groups is 1. The topological polar surface area (TPSA) is 66.4 Å². The van der Waals surface area contributed by atoms with Crippen molar-refractivity contribution >= 4 is 20.6 Å². The van der Waals surface area contributed by atoms with Crippen molar-refractivity contribution in [1.29, 1.82) is 0 Å². The first-order chi connectivity index (χ1) is 9.78. The monoisotopic (exact) mass is 307 g/mol. The van der Waals surface area contributed by atoms with Crippen LogP contribution in [0.5, 0.6) is 5.75 Å². The number of fused-ring (bicyclic) bond motifs is 1. The van der Waals surface area contributed by atoms with E-state index in [9.17, 15) is 13.5 Å². The second-order valence-electron chi connectivity index (χ2n) is 5.61. The summed E-state index contributed by atoms with van der Waals surface area (Å²) in [5.41, 5.74) is 0.772. The number of benzene rings is 2. The number of phenolic OH excluding ortho intramolecular Hbond substituents is 1. The van der Waals surface area contributed by atoms with Gasteiger partial charge in [0.05, 0.1) is 5.75 Å². The molecule has 0 heterocycles. The lowest BCUT2D eigenvalue weighted by molar-refractivity contribution is 0.446. The summed E-state index contributed by atoms with van der Waals surface area (Å²) < 4.78 is 22.6. The molecule has 2 rings (SSSR count). The zero-order valence-corrected chi connectivity index (χ0v) is 13.3. The van der Waals surface area contributed by atoms with Crippen LogP contribution in [0, 0.1) is 0 Å². The normalized spacial score (nSPS) is 15.0. The Bertz CT molecular complexity index is 740. The third kappa shape index (κ3) is 3.95. The molecule has 0 saturated heterocycles. The van der Waals surface area contributed by atoms with Crippen LogP contribution in [0.15, 0.2) is 36.4 Å². The fourth-order valence-electron chi connectivity index (χ4n) is 2.64. The summed E-state index contributed by atoms with van der Waals surface area (Å²) in [4.78, 5) is 0. The molecule has 2 N–H and O–H groups in total. The van der Waals surface area contributed by atoms with Gasteiger partial charge in [-0.3, -0.25) is 0 Å². The predicted molar refractivity (Wildman–Crippen MR) is 86.3 cm³/mol. The molecule has 2 aromatic rings. The highest BCUT2D eigenvalue weighted by atomic mass is 32.2. The van der Waals surface area contributed by atoms with Crippen molar-refractivity contribution in [2.24, 2.45) is 0 Å². The van der Waals surface area contributed by atoms with Gasteiger partial charge >= 0.3 is 0 Å². The fourth-order valence-corrected chi connectivity index (χ4v) is 3.64. The quantitative estimate of drug-likeness (QED) is 0.891. The molecule has 0 radical (unpaired) electrons. The molecule has 0 fully saturated rings. The minimum atomic E-state index is -3.02. The number of phenols is 1. The first kappa shape index (κ1) is 15.8. The van der Waals surface area contributed by atoms with E-state index in [1.54, 1.807) is 0 Å². The van der Waals surface area contributed by atoms with Crippen molar-refractivity contribution in [2.75, 3.05) is 12.0 Å². The average Bonchev–Trinajstić information content (AvgIpc) is 2.36. The van der Waals surface area contributed by atoms with E-state index in [2.05, 4.69) is 5.32 Å². The van der Waals surface area contributed by atoms with E-state index < -0.39 is 9.84 Å². The van der Waals surface area contributed by atoms with Crippen LogP contribution >= 0.6 is 0 Å². The minimum Gasteiger partial charge on any atom is -0.507 e. The van der Waals surface area contributed by atoms with E-state index in [0.717, 1.165) is 16.3 Å². The molecule has 0 amide bonds. The molecule has 0 aliphatic carbocycles. The van der Waals surface area contributed by atoms with E-state index in [0.29, 0.717) is 0 Å². The largest absolute Gasteiger partial charge is 0.507 e. The van der Waals surface area contributed by atoms with Gasteiger partial charge in [0.15, 0.2) is 0 Å². The number of nitrogens with one attached hydrogen (secondary N) is 1. The zero-order chi connectivity index (χ0) is 15.6. The molecular weight excluding hydrogens is 286 g/mol. The van der Waals surface area contributed by atoms with Gasteiger partial charge in [-0.15, -0.1) is 0 Å². The molecule has 0 aliphatic heterocycles. The van der Waals surface area contributed by atoms with Gasteiger partial charge in [-0.05, 0) is 19.2 Å². The molecule has 2 atom stereocenters. The Kier molecular flexibility index (Phi) is 4.54. The molecular formula is C16H21NO3S. The summed E-state index contributed by atoms with van der Waals surface area (Å²) in [6.07, 6.45) is 1.23. The summed E-state index contributed by atoms with van der Waals surface area (Å²) >= 11 is 0. The first-order valence-corrected chi connectivity index (χ1v) is 8.98. The molecule has 114 valence electrons. The maximum atomic E-state index is 11.3. The lowest BCUT2D eigenvalue weighted by Crippen LogP contribution is -2.34. The molecule has 0 spiro atoms. The van der Waals surface area contributed by atoms with Crippen molar-refractivity contribution < 1.29 is 13.5 Å². The second-order valence-corrected chi connectivity index (χ2v) is 7.79. The number of hydrogen-bond acceptors (Lipinski definition) is 4. The van der Waals surface area contributed by atoms with Gasteiger partial charge in [-0.25, -0.2) is 8.42 Å². The molecule has 0 bridgehead atoms. The zero-order valence-electron chi connectivity index (χ0n) is 12.5. The van der Waals surface area contributed by atoms with Crippen LogP contribution in [0.2, 0.25) is 0 Å². The molecule has 4 nitrogen and oxygen atoms in total. The first-order valence-electron chi connectivity index (χ1n) is 6.92. The third-order valence-electron chi connectivity index (χ3n) is 3.49.